The average Bonchev–Trinajstić information content (AvgIpc) is 2.92. The van der Waals surface area contributed by atoms with Crippen LogP contribution in [0.1, 0.15) is 5.56 Å². The number of pyridine rings is 1. The van der Waals surface area contributed by atoms with Gasteiger partial charge >= 0.3 is 0 Å². The van der Waals surface area contributed by atoms with Gasteiger partial charge in [0.15, 0.2) is 11.5 Å². The third-order valence-corrected chi connectivity index (χ3v) is 4.28. The first-order valence-electron chi connectivity index (χ1n) is 7.35. The van der Waals surface area contributed by atoms with Crippen molar-refractivity contribution in [3.8, 4) is 11.5 Å². The molecule has 0 amide bonds. The number of hydrogen-bond donors (Lipinski definition) is 0. The second-order valence-corrected chi connectivity index (χ2v) is 5.82. The van der Waals surface area contributed by atoms with Gasteiger partial charge < -0.3 is 19.3 Å². The number of rotatable bonds is 1. The molecular weight excluding hydrogens is 266 g/mol. The molecule has 0 unspecified atom stereocenters. The summed E-state index contributed by atoms with van der Waals surface area (Å²) < 4.78 is 10.9. The van der Waals surface area contributed by atoms with Gasteiger partial charge in [0.05, 0.1) is 5.52 Å². The van der Waals surface area contributed by atoms with Crippen LogP contribution in [-0.2, 0) is 0 Å². The Kier molecular flexibility index (Phi) is 2.89. The lowest BCUT2D eigenvalue weighted by atomic mass is 10.1. The normalized spacial score (nSPS) is 18.5. The Morgan fingerprint density at radius 1 is 1.00 bits per heavy atom. The van der Waals surface area contributed by atoms with Crippen LogP contribution in [0.4, 0.5) is 5.82 Å². The Balaban J connectivity index is 1.76. The van der Waals surface area contributed by atoms with Gasteiger partial charge in [-0.15, -0.1) is 0 Å². The van der Waals surface area contributed by atoms with Crippen molar-refractivity contribution in [2.45, 2.75) is 6.92 Å². The number of anilines is 1. The summed E-state index contributed by atoms with van der Waals surface area (Å²) in [6.45, 7) is 6.65. The summed E-state index contributed by atoms with van der Waals surface area (Å²) in [5.41, 5.74) is 2.18. The van der Waals surface area contributed by atoms with Crippen molar-refractivity contribution in [3.63, 3.8) is 0 Å². The Morgan fingerprint density at radius 3 is 2.48 bits per heavy atom. The maximum Gasteiger partial charge on any atom is 0.231 e. The first-order chi connectivity index (χ1) is 10.2. The molecule has 2 aromatic rings. The summed E-state index contributed by atoms with van der Waals surface area (Å²) in [6.07, 6.45) is 0. The number of nitrogens with zero attached hydrogens (tertiary/aromatic N) is 3. The smallest absolute Gasteiger partial charge is 0.231 e. The van der Waals surface area contributed by atoms with E-state index < -0.39 is 0 Å². The molecule has 2 aliphatic heterocycles. The molecule has 4 rings (SSSR count). The minimum atomic E-state index is 0.302. The molecule has 1 aromatic carbocycles. The van der Waals surface area contributed by atoms with Gasteiger partial charge in [-0.3, -0.25) is 0 Å². The fourth-order valence-electron chi connectivity index (χ4n) is 3.00. The van der Waals surface area contributed by atoms with E-state index in [0.29, 0.717) is 6.79 Å². The van der Waals surface area contributed by atoms with Gasteiger partial charge in [-0.1, -0.05) is 0 Å². The zero-order valence-corrected chi connectivity index (χ0v) is 12.4. The first-order valence-corrected chi connectivity index (χ1v) is 7.35. The Bertz CT molecular complexity index is 693. The van der Waals surface area contributed by atoms with E-state index in [1.807, 2.05) is 12.1 Å². The minimum Gasteiger partial charge on any atom is -0.454 e. The Morgan fingerprint density at radius 2 is 1.71 bits per heavy atom. The number of hydrogen-bond acceptors (Lipinski definition) is 5. The van der Waals surface area contributed by atoms with Crippen LogP contribution in [0.2, 0.25) is 0 Å². The molecule has 1 aromatic heterocycles. The van der Waals surface area contributed by atoms with E-state index in [4.69, 9.17) is 14.5 Å². The topological polar surface area (TPSA) is 37.8 Å². The molecule has 0 saturated carbocycles. The molecule has 2 aliphatic rings. The third-order valence-electron chi connectivity index (χ3n) is 4.28. The lowest BCUT2D eigenvalue weighted by Crippen LogP contribution is -2.45. The van der Waals surface area contributed by atoms with E-state index in [1.54, 1.807) is 0 Å². The summed E-state index contributed by atoms with van der Waals surface area (Å²) in [4.78, 5) is 9.60. The van der Waals surface area contributed by atoms with E-state index in [0.717, 1.165) is 54.4 Å². The lowest BCUT2D eigenvalue weighted by molar-refractivity contribution is 0.174. The van der Waals surface area contributed by atoms with Crippen LogP contribution in [0.25, 0.3) is 10.9 Å². The molecule has 5 nitrogen and oxygen atoms in total. The van der Waals surface area contributed by atoms with E-state index in [1.165, 1.54) is 5.56 Å². The summed E-state index contributed by atoms with van der Waals surface area (Å²) in [5, 5.41) is 1.11. The number of ether oxygens (including phenoxy) is 2. The van der Waals surface area contributed by atoms with E-state index in [9.17, 15) is 0 Å². The highest BCUT2D eigenvalue weighted by atomic mass is 16.7. The van der Waals surface area contributed by atoms with Crippen molar-refractivity contribution in [1.82, 2.24) is 9.88 Å². The number of benzene rings is 1. The van der Waals surface area contributed by atoms with Crippen molar-refractivity contribution in [3.05, 3.63) is 23.8 Å². The van der Waals surface area contributed by atoms with Gasteiger partial charge in [-0.25, -0.2) is 4.98 Å². The second kappa shape index (κ2) is 4.77. The molecule has 21 heavy (non-hydrogen) atoms. The number of piperazine rings is 1. The monoisotopic (exact) mass is 285 g/mol. The molecule has 1 fully saturated rings. The Hall–Kier alpha value is -2.01. The second-order valence-electron chi connectivity index (χ2n) is 5.82. The van der Waals surface area contributed by atoms with Crippen molar-refractivity contribution >= 4 is 16.7 Å². The molecule has 0 atom stereocenters. The molecular formula is C16H19N3O2. The maximum atomic E-state index is 5.45. The number of fused-ring (bicyclic) bond motifs is 2. The summed E-state index contributed by atoms with van der Waals surface area (Å²) in [6, 6.07) is 6.19. The SMILES string of the molecule is Cc1cc2cc3c(cc2nc1N1CCN(C)CC1)OCO3. The van der Waals surface area contributed by atoms with Crippen LogP contribution in [0, 0.1) is 6.92 Å². The van der Waals surface area contributed by atoms with Crippen LogP contribution >= 0.6 is 0 Å². The highest BCUT2D eigenvalue weighted by molar-refractivity contribution is 5.85. The number of aryl methyl sites for hydroxylation is 1. The molecule has 5 heteroatoms. The van der Waals surface area contributed by atoms with Crippen LogP contribution in [0.15, 0.2) is 18.2 Å². The van der Waals surface area contributed by atoms with Gasteiger partial charge in [0.25, 0.3) is 0 Å². The van der Waals surface area contributed by atoms with E-state index in [2.05, 4.69) is 29.8 Å². The molecule has 0 radical (unpaired) electrons. The highest BCUT2D eigenvalue weighted by Gasteiger charge is 2.19. The van der Waals surface area contributed by atoms with Crippen LogP contribution < -0.4 is 14.4 Å². The van der Waals surface area contributed by atoms with Gasteiger partial charge in [0, 0.05) is 37.6 Å². The molecule has 1 saturated heterocycles. The van der Waals surface area contributed by atoms with Gasteiger partial charge in [-0.05, 0) is 31.7 Å². The summed E-state index contributed by atoms with van der Waals surface area (Å²) >= 11 is 0. The van der Waals surface area contributed by atoms with Crippen molar-refractivity contribution in [1.29, 1.82) is 0 Å². The minimum absolute atomic E-state index is 0.302. The fraction of sp³-hybridized carbons (Fsp3) is 0.438. The van der Waals surface area contributed by atoms with E-state index in [-0.39, 0.29) is 0 Å². The summed E-state index contributed by atoms with van der Waals surface area (Å²) in [5.74, 6) is 2.70. The predicted octanol–water partition coefficient (Wildman–Crippen LogP) is 2.02. The zero-order chi connectivity index (χ0) is 14.4. The predicted molar refractivity (Wildman–Crippen MR) is 82.3 cm³/mol. The molecule has 0 bridgehead atoms. The van der Waals surface area contributed by atoms with Crippen LogP contribution in [-0.4, -0.2) is 49.9 Å². The zero-order valence-electron chi connectivity index (χ0n) is 12.4. The van der Waals surface area contributed by atoms with Crippen molar-refractivity contribution in [2.75, 3.05) is 44.9 Å². The molecule has 0 aliphatic carbocycles. The summed E-state index contributed by atoms with van der Waals surface area (Å²) in [7, 11) is 2.17. The molecule has 3 heterocycles. The van der Waals surface area contributed by atoms with Crippen LogP contribution in [0.5, 0.6) is 11.5 Å². The molecule has 0 spiro atoms. The average molecular weight is 285 g/mol. The number of aromatic nitrogens is 1. The largest absolute Gasteiger partial charge is 0.454 e. The van der Waals surface area contributed by atoms with Gasteiger partial charge in [-0.2, -0.15) is 0 Å². The van der Waals surface area contributed by atoms with Crippen LogP contribution in [0.3, 0.4) is 0 Å². The lowest BCUT2D eigenvalue weighted by Gasteiger charge is -2.34. The van der Waals surface area contributed by atoms with Gasteiger partial charge in [0.1, 0.15) is 5.82 Å². The molecule has 0 N–H and O–H groups in total. The standard InChI is InChI=1S/C16H19N3O2/c1-11-7-12-8-14-15(21-10-20-14)9-13(12)17-16(11)19-5-3-18(2)4-6-19/h7-9H,3-6,10H2,1-2H3. The molecule has 110 valence electrons. The Labute approximate surface area is 124 Å². The number of likely N-dealkylation sites (N-methyl/N-ethyl adjacent to an activating group) is 1. The van der Waals surface area contributed by atoms with E-state index >= 15 is 0 Å². The van der Waals surface area contributed by atoms with Crippen molar-refractivity contribution < 1.29 is 9.47 Å². The van der Waals surface area contributed by atoms with Crippen molar-refractivity contribution in [2.24, 2.45) is 0 Å². The first kappa shape index (κ1) is 12.7. The maximum absolute atomic E-state index is 5.45. The quantitative estimate of drug-likeness (QED) is 0.801. The fourth-order valence-corrected chi connectivity index (χ4v) is 3.00. The van der Waals surface area contributed by atoms with Gasteiger partial charge in [0.2, 0.25) is 6.79 Å². The third kappa shape index (κ3) is 2.17. The highest BCUT2D eigenvalue weighted by Crippen LogP contribution is 2.36.